The number of carbonyl (C=O) groups is 2. The van der Waals surface area contributed by atoms with Crippen molar-refractivity contribution in [2.24, 2.45) is 0 Å². The van der Waals surface area contributed by atoms with E-state index in [1.807, 2.05) is 32.9 Å². The predicted octanol–water partition coefficient (Wildman–Crippen LogP) is 6.68. The van der Waals surface area contributed by atoms with Crippen molar-refractivity contribution < 1.29 is 32.6 Å². The molecule has 3 aromatic carbocycles. The number of rotatable bonds is 7. The van der Waals surface area contributed by atoms with Gasteiger partial charge < -0.3 is 28.8 Å². The van der Waals surface area contributed by atoms with Crippen LogP contribution in [0, 0.1) is 19.7 Å². The van der Waals surface area contributed by atoms with Crippen LogP contribution in [0.4, 0.5) is 15.8 Å². The zero-order chi connectivity index (χ0) is 29.5. The van der Waals surface area contributed by atoms with Crippen LogP contribution in [0.5, 0.6) is 17.2 Å². The fourth-order valence-electron chi connectivity index (χ4n) is 4.97. The number of aryl methyl sites for hydroxylation is 2. The van der Waals surface area contributed by atoms with Gasteiger partial charge in [0.2, 0.25) is 5.76 Å². The molecule has 9 heteroatoms. The monoisotopic (exact) mass is 558 g/mol. The van der Waals surface area contributed by atoms with Gasteiger partial charge >= 0.3 is 5.97 Å². The topological polar surface area (TPSA) is 90.2 Å². The molecule has 4 aromatic rings. The number of benzene rings is 3. The summed E-state index contributed by atoms with van der Waals surface area (Å²) >= 11 is 0. The van der Waals surface area contributed by atoms with Crippen LogP contribution >= 0.6 is 0 Å². The van der Waals surface area contributed by atoms with Gasteiger partial charge in [0.1, 0.15) is 41.0 Å². The van der Waals surface area contributed by atoms with Gasteiger partial charge in [0.25, 0.3) is 5.91 Å². The molecule has 1 aliphatic heterocycles. The highest BCUT2D eigenvalue weighted by Crippen LogP contribution is 2.45. The summed E-state index contributed by atoms with van der Waals surface area (Å²) in [6.45, 7) is 7.26. The summed E-state index contributed by atoms with van der Waals surface area (Å²) in [6.07, 6.45) is 0. The van der Waals surface area contributed by atoms with Crippen molar-refractivity contribution in [2.45, 2.75) is 39.8 Å². The van der Waals surface area contributed by atoms with E-state index in [-0.39, 0.29) is 24.0 Å². The fourth-order valence-corrected chi connectivity index (χ4v) is 4.97. The lowest BCUT2D eigenvalue weighted by atomic mass is 9.91. The van der Waals surface area contributed by atoms with Gasteiger partial charge in [-0.15, -0.1) is 0 Å². The molecular weight excluding hydrogens is 527 g/mol. The number of furan rings is 1. The van der Waals surface area contributed by atoms with Crippen LogP contribution < -0.4 is 24.4 Å². The number of hydrogen-bond donors (Lipinski definition) is 1. The third-order valence-electron chi connectivity index (χ3n) is 7.04. The Labute approximate surface area is 237 Å². The summed E-state index contributed by atoms with van der Waals surface area (Å²) in [5.74, 6) is 0.640. The van der Waals surface area contributed by atoms with Gasteiger partial charge in [-0.2, -0.15) is 0 Å². The molecule has 0 atom stereocenters. The van der Waals surface area contributed by atoms with Gasteiger partial charge in [0.05, 0.1) is 18.5 Å². The van der Waals surface area contributed by atoms with Crippen molar-refractivity contribution in [2.75, 3.05) is 24.4 Å². The molecule has 212 valence electrons. The molecule has 0 saturated heterocycles. The van der Waals surface area contributed by atoms with Crippen molar-refractivity contribution in [1.82, 2.24) is 0 Å². The second-order valence-corrected chi connectivity index (χ2v) is 10.5. The Kier molecular flexibility index (Phi) is 7.21. The average Bonchev–Trinajstić information content (AvgIpc) is 3.38. The maximum atomic E-state index is 14.0. The van der Waals surface area contributed by atoms with Gasteiger partial charge in [-0.25, -0.2) is 9.18 Å². The summed E-state index contributed by atoms with van der Waals surface area (Å²) < 4.78 is 36.8. The molecule has 0 bridgehead atoms. The van der Waals surface area contributed by atoms with E-state index in [0.717, 1.165) is 16.8 Å². The number of fused-ring (bicyclic) bond motifs is 1. The molecule has 0 aliphatic carbocycles. The van der Waals surface area contributed by atoms with Crippen LogP contribution in [0.3, 0.4) is 0 Å². The number of nitrogens with zero attached hydrogens (tertiary/aromatic N) is 1. The fraction of sp³-hybridized carbons (Fsp3) is 0.250. The number of amides is 1. The molecule has 0 spiro atoms. The van der Waals surface area contributed by atoms with Crippen LogP contribution in [0.15, 0.2) is 65.1 Å². The van der Waals surface area contributed by atoms with Crippen LogP contribution in [-0.2, 0) is 11.4 Å². The number of hydrogen-bond acceptors (Lipinski definition) is 7. The molecule has 5 rings (SSSR count). The summed E-state index contributed by atoms with van der Waals surface area (Å²) in [5.41, 5.74) is 3.48. The van der Waals surface area contributed by atoms with Gasteiger partial charge in [0.15, 0.2) is 0 Å². The van der Waals surface area contributed by atoms with Crippen LogP contribution in [0.1, 0.15) is 41.3 Å². The smallest absolute Gasteiger partial charge is 0.379 e. The molecule has 0 fully saturated rings. The second-order valence-electron chi connectivity index (χ2n) is 10.5. The van der Waals surface area contributed by atoms with E-state index in [1.165, 1.54) is 19.2 Å². The summed E-state index contributed by atoms with van der Waals surface area (Å²) in [7, 11) is 3.24. The van der Waals surface area contributed by atoms with Crippen LogP contribution in [0.25, 0.3) is 11.1 Å². The molecule has 8 nitrogen and oxygen atoms in total. The van der Waals surface area contributed by atoms with Gasteiger partial charge in [-0.1, -0.05) is 12.1 Å². The summed E-state index contributed by atoms with van der Waals surface area (Å²) in [6, 6.07) is 16.5. The largest absolute Gasteiger partial charge is 0.496 e. The minimum absolute atomic E-state index is 0.0419. The first-order chi connectivity index (χ1) is 19.5. The van der Waals surface area contributed by atoms with E-state index >= 15 is 0 Å². The molecule has 0 radical (unpaired) electrons. The van der Waals surface area contributed by atoms with E-state index in [0.29, 0.717) is 34.1 Å². The van der Waals surface area contributed by atoms with Crippen molar-refractivity contribution in [3.8, 4) is 28.4 Å². The number of esters is 1. The molecule has 1 aromatic heterocycles. The van der Waals surface area contributed by atoms with E-state index in [2.05, 4.69) is 5.32 Å². The van der Waals surface area contributed by atoms with Crippen LogP contribution in [0.2, 0.25) is 0 Å². The molecular formula is C32H31FN2O6. The van der Waals surface area contributed by atoms with E-state index in [1.54, 1.807) is 55.3 Å². The maximum Gasteiger partial charge on any atom is 0.379 e. The molecule has 1 amide bonds. The Hall–Kier alpha value is -4.79. The Morgan fingerprint density at radius 3 is 2.46 bits per heavy atom. The Morgan fingerprint density at radius 2 is 1.76 bits per heavy atom. The lowest BCUT2D eigenvalue weighted by Gasteiger charge is -2.39. The van der Waals surface area contributed by atoms with Crippen molar-refractivity contribution in [1.29, 1.82) is 0 Å². The standard InChI is InChI=1S/C32H31FN2O6/c1-18-7-9-20(33)15-27(18)39-17-24-22(12-13-25-29(24)35(5)31(37)32(3,4)34-25)23-11-10-21(16-28(23)38-6)41-30(36)26-14-8-19(2)40-26/h7-16,34H,17H2,1-6H3. The first-order valence-electron chi connectivity index (χ1n) is 13.1. The maximum absolute atomic E-state index is 14.0. The SMILES string of the molecule is COc1cc(OC(=O)c2ccc(C)o2)ccc1-c1ccc2c(c1COc1cc(F)ccc1C)N(C)C(=O)C(C)(C)N2. The lowest BCUT2D eigenvalue weighted by molar-refractivity contribution is -0.121. The molecule has 2 heterocycles. The Bertz CT molecular complexity index is 1660. The summed E-state index contributed by atoms with van der Waals surface area (Å²) in [4.78, 5) is 27.4. The Balaban J connectivity index is 1.58. The van der Waals surface area contributed by atoms with Gasteiger partial charge in [-0.3, -0.25) is 4.79 Å². The highest BCUT2D eigenvalue weighted by Gasteiger charge is 2.38. The lowest BCUT2D eigenvalue weighted by Crippen LogP contribution is -2.52. The third kappa shape index (κ3) is 5.35. The number of nitrogens with one attached hydrogen (secondary N) is 1. The third-order valence-corrected chi connectivity index (χ3v) is 7.04. The van der Waals surface area contributed by atoms with Crippen molar-refractivity contribution in [3.05, 3.63) is 89.1 Å². The first kappa shape index (κ1) is 27.8. The molecule has 1 aliphatic rings. The number of methoxy groups -OCH3 is 1. The quantitative estimate of drug-likeness (QED) is 0.200. The van der Waals surface area contributed by atoms with Crippen LogP contribution in [-0.4, -0.2) is 31.6 Å². The zero-order valence-corrected chi connectivity index (χ0v) is 23.8. The molecule has 41 heavy (non-hydrogen) atoms. The summed E-state index contributed by atoms with van der Waals surface area (Å²) in [5, 5.41) is 3.33. The minimum atomic E-state index is -0.809. The highest BCUT2D eigenvalue weighted by molar-refractivity contribution is 6.08. The number of anilines is 2. The average molecular weight is 559 g/mol. The van der Waals surface area contributed by atoms with Crippen molar-refractivity contribution >= 4 is 23.3 Å². The van der Waals surface area contributed by atoms with Crippen molar-refractivity contribution in [3.63, 3.8) is 0 Å². The van der Waals surface area contributed by atoms with Gasteiger partial charge in [0, 0.05) is 30.3 Å². The first-order valence-corrected chi connectivity index (χ1v) is 13.1. The molecule has 1 N–H and O–H groups in total. The molecule has 0 unspecified atom stereocenters. The normalized spacial score (nSPS) is 13.8. The van der Waals surface area contributed by atoms with E-state index < -0.39 is 17.3 Å². The van der Waals surface area contributed by atoms with E-state index in [4.69, 9.17) is 18.6 Å². The number of ether oxygens (including phenoxy) is 3. The number of likely N-dealkylation sites (N-methyl/N-ethyl adjacent to an activating group) is 1. The van der Waals surface area contributed by atoms with E-state index in [9.17, 15) is 14.0 Å². The number of halogens is 1. The zero-order valence-electron chi connectivity index (χ0n) is 23.8. The van der Waals surface area contributed by atoms with Gasteiger partial charge in [-0.05, 0) is 75.2 Å². The highest BCUT2D eigenvalue weighted by atomic mass is 19.1. The minimum Gasteiger partial charge on any atom is -0.496 e. The Morgan fingerprint density at radius 1 is 1.00 bits per heavy atom. The molecule has 0 saturated carbocycles. The number of carbonyl (C=O) groups excluding carboxylic acids is 2. The second kappa shape index (κ2) is 10.6. The predicted molar refractivity (Wildman–Crippen MR) is 153 cm³/mol.